The third-order valence-corrected chi connectivity index (χ3v) is 3.98. The molecule has 0 bridgehead atoms. The summed E-state index contributed by atoms with van der Waals surface area (Å²) >= 11 is 1.63. The van der Waals surface area contributed by atoms with E-state index in [1.54, 1.807) is 18.7 Å². The Labute approximate surface area is 141 Å². The number of rotatable bonds is 7. The normalized spacial score (nSPS) is 12.7. The highest BCUT2D eigenvalue weighted by Gasteiger charge is 2.21. The number of ether oxygens (including phenoxy) is 1. The Morgan fingerprint density at radius 2 is 1.91 bits per heavy atom. The van der Waals surface area contributed by atoms with Gasteiger partial charge in [-0.15, -0.1) is 24.2 Å². The smallest absolute Gasteiger partial charge is 0.307 e. The molecule has 7 heteroatoms. The molecule has 22 heavy (non-hydrogen) atoms. The number of hydrogen-bond acceptors (Lipinski definition) is 5. The molecule has 0 fully saturated rings. The van der Waals surface area contributed by atoms with E-state index in [1.165, 1.54) is 7.11 Å². The Balaban J connectivity index is 0.00000441. The van der Waals surface area contributed by atoms with Crippen LogP contribution in [0.4, 0.5) is 0 Å². The van der Waals surface area contributed by atoms with E-state index in [1.807, 2.05) is 30.5 Å². The monoisotopic (exact) mass is 346 g/mol. The number of carbonyl (C=O) groups is 2. The molecule has 1 aromatic rings. The summed E-state index contributed by atoms with van der Waals surface area (Å²) in [5.74, 6) is -0.828. The van der Waals surface area contributed by atoms with Gasteiger partial charge in [0, 0.05) is 17.4 Å². The number of methoxy groups -OCH3 is 1. The Morgan fingerprint density at radius 3 is 2.36 bits per heavy atom. The Bertz CT molecular complexity index is 482. The number of amides is 1. The van der Waals surface area contributed by atoms with Crippen LogP contribution in [0.1, 0.15) is 24.9 Å². The van der Waals surface area contributed by atoms with Gasteiger partial charge in [-0.3, -0.25) is 9.59 Å². The number of thioether (sulfide) groups is 1. The Hall–Kier alpha value is -1.24. The molecule has 0 aliphatic carbocycles. The van der Waals surface area contributed by atoms with Gasteiger partial charge in [0.05, 0.1) is 19.6 Å². The molecule has 0 aliphatic heterocycles. The van der Waals surface area contributed by atoms with Gasteiger partial charge in [-0.25, -0.2) is 0 Å². The van der Waals surface area contributed by atoms with E-state index in [4.69, 9.17) is 10.5 Å². The maximum absolute atomic E-state index is 12.0. The van der Waals surface area contributed by atoms with E-state index in [0.717, 1.165) is 10.5 Å². The van der Waals surface area contributed by atoms with Crippen molar-refractivity contribution in [2.75, 3.05) is 19.9 Å². The summed E-state index contributed by atoms with van der Waals surface area (Å²) in [6.07, 6.45) is 2.09. The maximum Gasteiger partial charge on any atom is 0.307 e. The number of nitrogens with one attached hydrogen (secondary N) is 1. The second kappa shape index (κ2) is 10.5. The zero-order valence-electron chi connectivity index (χ0n) is 13.0. The molecule has 124 valence electrons. The average Bonchev–Trinajstić information content (AvgIpc) is 2.53. The molecular formula is C15H23ClN2O3S. The lowest BCUT2D eigenvalue weighted by Gasteiger charge is -2.20. The lowest BCUT2D eigenvalue weighted by Crippen LogP contribution is -2.36. The van der Waals surface area contributed by atoms with Crippen LogP contribution in [0, 0.1) is 5.92 Å². The van der Waals surface area contributed by atoms with E-state index in [2.05, 4.69) is 5.32 Å². The number of halogens is 1. The minimum absolute atomic E-state index is 0. The molecule has 0 spiro atoms. The maximum atomic E-state index is 12.0. The van der Waals surface area contributed by atoms with Crippen LogP contribution in [0.5, 0.6) is 0 Å². The molecule has 2 unspecified atom stereocenters. The second-order valence-electron chi connectivity index (χ2n) is 4.75. The molecule has 0 saturated carbocycles. The Kier molecular flexibility index (Phi) is 9.89. The SMILES string of the molecule is COC(=O)CC(NC(=O)C(C)CN)c1ccc(SC)cc1.Cl. The third-order valence-electron chi connectivity index (χ3n) is 3.23. The summed E-state index contributed by atoms with van der Waals surface area (Å²) in [7, 11) is 1.33. The minimum atomic E-state index is -0.408. The first-order valence-electron chi connectivity index (χ1n) is 6.73. The molecule has 0 heterocycles. The molecule has 0 aliphatic rings. The molecule has 3 N–H and O–H groups in total. The van der Waals surface area contributed by atoms with E-state index in [-0.39, 0.29) is 43.2 Å². The van der Waals surface area contributed by atoms with Crippen molar-refractivity contribution in [3.63, 3.8) is 0 Å². The lowest BCUT2D eigenvalue weighted by molar-refractivity contribution is -0.141. The summed E-state index contributed by atoms with van der Waals surface area (Å²) in [5, 5.41) is 2.86. The number of esters is 1. The molecule has 1 aromatic carbocycles. The zero-order valence-corrected chi connectivity index (χ0v) is 14.6. The van der Waals surface area contributed by atoms with Gasteiger partial charge < -0.3 is 15.8 Å². The first-order chi connectivity index (χ1) is 10.0. The summed E-state index contributed by atoms with van der Waals surface area (Å²) in [6, 6.07) is 7.33. The first-order valence-corrected chi connectivity index (χ1v) is 7.95. The quantitative estimate of drug-likeness (QED) is 0.584. The molecule has 1 rings (SSSR count). The van der Waals surface area contributed by atoms with E-state index < -0.39 is 6.04 Å². The first kappa shape index (κ1) is 20.8. The van der Waals surface area contributed by atoms with Crippen molar-refractivity contribution >= 4 is 36.0 Å². The summed E-state index contributed by atoms with van der Waals surface area (Å²) in [5.41, 5.74) is 6.37. The van der Waals surface area contributed by atoms with Crippen LogP contribution < -0.4 is 11.1 Å². The third kappa shape index (κ3) is 6.25. The zero-order chi connectivity index (χ0) is 15.8. The molecule has 0 saturated heterocycles. The second-order valence-corrected chi connectivity index (χ2v) is 5.63. The van der Waals surface area contributed by atoms with E-state index in [0.29, 0.717) is 0 Å². The van der Waals surface area contributed by atoms with Crippen LogP contribution in [0.2, 0.25) is 0 Å². The number of carbonyl (C=O) groups excluding carboxylic acids is 2. The number of benzene rings is 1. The summed E-state index contributed by atoms with van der Waals surface area (Å²) in [6.45, 7) is 2.02. The Morgan fingerprint density at radius 1 is 1.32 bits per heavy atom. The van der Waals surface area contributed by atoms with Crippen molar-refractivity contribution in [1.29, 1.82) is 0 Å². The summed E-state index contributed by atoms with van der Waals surface area (Å²) in [4.78, 5) is 24.7. The van der Waals surface area contributed by atoms with Crippen LogP contribution in [-0.4, -0.2) is 31.8 Å². The van der Waals surface area contributed by atoms with Gasteiger partial charge in [0.2, 0.25) is 5.91 Å². The minimum Gasteiger partial charge on any atom is -0.469 e. The average molecular weight is 347 g/mol. The van der Waals surface area contributed by atoms with Gasteiger partial charge >= 0.3 is 5.97 Å². The molecule has 0 radical (unpaired) electrons. The fraction of sp³-hybridized carbons (Fsp3) is 0.467. The van der Waals surface area contributed by atoms with Gasteiger partial charge in [0.15, 0.2) is 0 Å². The van der Waals surface area contributed by atoms with Crippen molar-refractivity contribution < 1.29 is 14.3 Å². The van der Waals surface area contributed by atoms with Crippen LogP contribution in [-0.2, 0) is 14.3 Å². The fourth-order valence-corrected chi connectivity index (χ4v) is 2.17. The van der Waals surface area contributed by atoms with Gasteiger partial charge in [-0.1, -0.05) is 19.1 Å². The molecule has 0 aromatic heterocycles. The van der Waals surface area contributed by atoms with Crippen molar-refractivity contribution in [3.05, 3.63) is 29.8 Å². The highest BCUT2D eigenvalue weighted by Crippen LogP contribution is 2.22. The van der Waals surface area contributed by atoms with Crippen LogP contribution >= 0.6 is 24.2 Å². The van der Waals surface area contributed by atoms with Gasteiger partial charge in [-0.2, -0.15) is 0 Å². The predicted octanol–water partition coefficient (Wildman–Crippen LogP) is 2.15. The van der Waals surface area contributed by atoms with Gasteiger partial charge in [0.25, 0.3) is 0 Å². The standard InChI is InChI=1S/C15H22N2O3S.ClH/c1-10(9-16)15(19)17-13(8-14(18)20-2)11-4-6-12(21-3)7-5-11;/h4-7,10,13H,8-9,16H2,1-3H3,(H,17,19);1H. The van der Waals surface area contributed by atoms with Crippen LogP contribution in [0.15, 0.2) is 29.2 Å². The van der Waals surface area contributed by atoms with Crippen molar-refractivity contribution in [3.8, 4) is 0 Å². The number of nitrogens with two attached hydrogens (primary N) is 1. The fourth-order valence-electron chi connectivity index (χ4n) is 1.76. The molecule has 1 amide bonds. The highest BCUT2D eigenvalue weighted by molar-refractivity contribution is 7.98. The molecule has 2 atom stereocenters. The summed E-state index contributed by atoms with van der Waals surface area (Å²) < 4.78 is 4.70. The van der Waals surface area contributed by atoms with Crippen molar-refractivity contribution in [1.82, 2.24) is 5.32 Å². The molecule has 5 nitrogen and oxygen atoms in total. The van der Waals surface area contributed by atoms with E-state index in [9.17, 15) is 9.59 Å². The predicted molar refractivity (Wildman–Crippen MR) is 91.2 cm³/mol. The number of hydrogen-bond donors (Lipinski definition) is 2. The van der Waals surface area contributed by atoms with Gasteiger partial charge in [-0.05, 0) is 24.0 Å². The van der Waals surface area contributed by atoms with Crippen molar-refractivity contribution in [2.24, 2.45) is 11.7 Å². The van der Waals surface area contributed by atoms with Gasteiger partial charge in [0.1, 0.15) is 0 Å². The topological polar surface area (TPSA) is 81.4 Å². The van der Waals surface area contributed by atoms with Crippen LogP contribution in [0.25, 0.3) is 0 Å². The van der Waals surface area contributed by atoms with Crippen LogP contribution in [0.3, 0.4) is 0 Å². The highest BCUT2D eigenvalue weighted by atomic mass is 35.5. The molecular weight excluding hydrogens is 324 g/mol. The lowest BCUT2D eigenvalue weighted by atomic mass is 10.0. The largest absolute Gasteiger partial charge is 0.469 e. The van der Waals surface area contributed by atoms with E-state index >= 15 is 0 Å². The van der Waals surface area contributed by atoms with Crippen molar-refractivity contribution in [2.45, 2.75) is 24.3 Å².